The summed E-state index contributed by atoms with van der Waals surface area (Å²) in [6.07, 6.45) is 0.141. The molecule has 0 spiro atoms. The molecule has 0 N–H and O–H groups in total. The predicted octanol–water partition coefficient (Wildman–Crippen LogP) is 3.93. The van der Waals surface area contributed by atoms with Crippen molar-refractivity contribution in [1.82, 2.24) is 0 Å². The van der Waals surface area contributed by atoms with Gasteiger partial charge in [0.05, 0.1) is 6.42 Å². The lowest BCUT2D eigenvalue weighted by Gasteiger charge is -2.18. The first-order chi connectivity index (χ1) is 12.1. The molecule has 2 aromatic carbocycles. The average molecular weight is 405 g/mol. The van der Waals surface area contributed by atoms with Crippen LogP contribution < -0.4 is 9.47 Å². The maximum atomic E-state index is 12.2. The second-order valence-corrected chi connectivity index (χ2v) is 6.48. The second kappa shape index (κ2) is 8.16. The number of ether oxygens (including phenoxy) is 3. The molecule has 130 valence electrons. The highest BCUT2D eigenvalue weighted by atomic mass is 79.9. The third kappa shape index (κ3) is 4.82. The average Bonchev–Trinajstić information content (AvgIpc) is 2.65. The Balaban J connectivity index is 1.48. The summed E-state index contributed by atoms with van der Waals surface area (Å²) in [5.74, 6) is 0.679. The number of hydrogen-bond donors (Lipinski definition) is 0. The summed E-state index contributed by atoms with van der Waals surface area (Å²) in [4.78, 5) is 24.1. The number of esters is 1. The Morgan fingerprint density at radius 2 is 1.68 bits per heavy atom. The predicted molar refractivity (Wildman–Crippen MR) is 94.9 cm³/mol. The van der Waals surface area contributed by atoms with E-state index in [1.807, 2.05) is 24.3 Å². The lowest BCUT2D eigenvalue weighted by molar-refractivity contribution is -0.144. The molecule has 3 rings (SSSR count). The maximum absolute atomic E-state index is 12.2. The minimum absolute atomic E-state index is 0.0454. The standard InChI is InChI=1S/C19H17BrO5/c20-15-4-1-13(2-5-15)12-25-19(22)8-6-16(21)14-3-7-17-18(11-14)24-10-9-23-17/h1-5,7,11H,6,8-10,12H2. The molecule has 0 aromatic heterocycles. The van der Waals surface area contributed by atoms with Crippen LogP contribution in [0.3, 0.4) is 0 Å². The van der Waals surface area contributed by atoms with Crippen LogP contribution in [0.4, 0.5) is 0 Å². The highest BCUT2D eigenvalue weighted by Gasteiger charge is 2.16. The zero-order valence-corrected chi connectivity index (χ0v) is 15.1. The van der Waals surface area contributed by atoms with Crippen LogP contribution in [-0.4, -0.2) is 25.0 Å². The van der Waals surface area contributed by atoms with Crippen LogP contribution in [0.25, 0.3) is 0 Å². The number of halogens is 1. The van der Waals surface area contributed by atoms with Crippen molar-refractivity contribution in [3.8, 4) is 11.5 Å². The van der Waals surface area contributed by atoms with Gasteiger partial charge in [-0.3, -0.25) is 9.59 Å². The number of rotatable bonds is 6. The van der Waals surface area contributed by atoms with Gasteiger partial charge in [-0.15, -0.1) is 0 Å². The molecular formula is C19H17BrO5. The van der Waals surface area contributed by atoms with Crippen molar-refractivity contribution < 1.29 is 23.8 Å². The van der Waals surface area contributed by atoms with Crippen molar-refractivity contribution in [2.24, 2.45) is 0 Å². The molecule has 0 unspecified atom stereocenters. The van der Waals surface area contributed by atoms with E-state index in [4.69, 9.17) is 14.2 Å². The molecule has 0 radical (unpaired) electrons. The molecule has 1 aliphatic rings. The Morgan fingerprint density at radius 1 is 0.960 bits per heavy atom. The fourth-order valence-corrected chi connectivity index (χ4v) is 2.66. The molecule has 5 nitrogen and oxygen atoms in total. The molecule has 0 bridgehead atoms. The zero-order chi connectivity index (χ0) is 17.6. The summed E-state index contributed by atoms with van der Waals surface area (Å²) in [5.41, 5.74) is 1.40. The molecule has 1 heterocycles. The number of hydrogen-bond acceptors (Lipinski definition) is 5. The molecule has 0 fully saturated rings. The van der Waals surface area contributed by atoms with Gasteiger partial charge >= 0.3 is 5.97 Å². The summed E-state index contributed by atoms with van der Waals surface area (Å²) in [7, 11) is 0. The highest BCUT2D eigenvalue weighted by Crippen LogP contribution is 2.31. The van der Waals surface area contributed by atoms with E-state index in [0.29, 0.717) is 30.3 Å². The summed E-state index contributed by atoms with van der Waals surface area (Å²) < 4.78 is 17.0. The lowest BCUT2D eigenvalue weighted by Crippen LogP contribution is -2.16. The van der Waals surface area contributed by atoms with Gasteiger partial charge in [0.1, 0.15) is 19.8 Å². The van der Waals surface area contributed by atoms with E-state index >= 15 is 0 Å². The summed E-state index contributed by atoms with van der Waals surface area (Å²) in [5, 5.41) is 0. The number of carbonyl (C=O) groups is 2. The first kappa shape index (κ1) is 17.5. The summed E-state index contributed by atoms with van der Waals surface area (Å²) in [6.45, 7) is 1.17. The van der Waals surface area contributed by atoms with Crippen LogP contribution in [0.1, 0.15) is 28.8 Å². The van der Waals surface area contributed by atoms with E-state index in [1.54, 1.807) is 18.2 Å². The molecule has 25 heavy (non-hydrogen) atoms. The minimum Gasteiger partial charge on any atom is -0.486 e. The van der Waals surface area contributed by atoms with E-state index < -0.39 is 5.97 Å². The zero-order valence-electron chi connectivity index (χ0n) is 13.5. The van der Waals surface area contributed by atoms with Gasteiger partial charge in [0.15, 0.2) is 17.3 Å². The van der Waals surface area contributed by atoms with Crippen molar-refractivity contribution >= 4 is 27.7 Å². The fourth-order valence-electron chi connectivity index (χ4n) is 2.39. The molecule has 0 aliphatic carbocycles. The van der Waals surface area contributed by atoms with Crippen LogP contribution in [0.2, 0.25) is 0 Å². The Labute approximate surface area is 154 Å². The first-order valence-electron chi connectivity index (χ1n) is 7.95. The SMILES string of the molecule is O=C(CCC(=O)c1ccc2c(c1)OCCO2)OCc1ccc(Br)cc1. The largest absolute Gasteiger partial charge is 0.486 e. The second-order valence-electron chi connectivity index (χ2n) is 5.57. The molecule has 2 aromatic rings. The normalized spacial score (nSPS) is 12.5. The van der Waals surface area contributed by atoms with E-state index in [-0.39, 0.29) is 25.2 Å². The van der Waals surface area contributed by atoms with Crippen molar-refractivity contribution in [3.63, 3.8) is 0 Å². The Hall–Kier alpha value is -2.34. The molecule has 0 amide bonds. The number of carbonyl (C=O) groups excluding carboxylic acids is 2. The van der Waals surface area contributed by atoms with Crippen molar-refractivity contribution in [2.45, 2.75) is 19.4 Å². The van der Waals surface area contributed by atoms with Crippen LogP contribution in [-0.2, 0) is 16.1 Å². The minimum atomic E-state index is -0.395. The van der Waals surface area contributed by atoms with Crippen molar-refractivity contribution in [2.75, 3.05) is 13.2 Å². The van der Waals surface area contributed by atoms with Crippen molar-refractivity contribution in [3.05, 3.63) is 58.1 Å². The summed E-state index contributed by atoms with van der Waals surface area (Å²) >= 11 is 3.35. The molecule has 6 heteroatoms. The van der Waals surface area contributed by atoms with Gasteiger partial charge < -0.3 is 14.2 Å². The van der Waals surface area contributed by atoms with E-state index in [0.717, 1.165) is 10.0 Å². The van der Waals surface area contributed by atoms with Crippen LogP contribution in [0.5, 0.6) is 11.5 Å². The monoisotopic (exact) mass is 404 g/mol. The van der Waals surface area contributed by atoms with Gasteiger partial charge in [-0.25, -0.2) is 0 Å². The van der Waals surface area contributed by atoms with E-state index in [2.05, 4.69) is 15.9 Å². The Bertz CT molecular complexity index is 770. The third-order valence-electron chi connectivity index (χ3n) is 3.73. The van der Waals surface area contributed by atoms with Gasteiger partial charge in [-0.1, -0.05) is 28.1 Å². The van der Waals surface area contributed by atoms with Gasteiger partial charge in [-0.05, 0) is 35.9 Å². The number of fused-ring (bicyclic) bond motifs is 1. The number of ketones is 1. The van der Waals surface area contributed by atoms with Gasteiger partial charge in [0, 0.05) is 16.5 Å². The van der Waals surface area contributed by atoms with Crippen LogP contribution in [0.15, 0.2) is 46.9 Å². The quantitative estimate of drug-likeness (QED) is 0.539. The van der Waals surface area contributed by atoms with Crippen molar-refractivity contribution in [1.29, 1.82) is 0 Å². The lowest BCUT2D eigenvalue weighted by atomic mass is 10.1. The van der Waals surface area contributed by atoms with Gasteiger partial charge in [0.2, 0.25) is 0 Å². The summed E-state index contributed by atoms with van der Waals surface area (Å²) in [6, 6.07) is 12.6. The smallest absolute Gasteiger partial charge is 0.306 e. The van der Waals surface area contributed by atoms with Gasteiger partial charge in [0.25, 0.3) is 0 Å². The highest BCUT2D eigenvalue weighted by molar-refractivity contribution is 9.10. The first-order valence-corrected chi connectivity index (χ1v) is 8.74. The Kier molecular flexibility index (Phi) is 5.71. The number of benzene rings is 2. The molecular weight excluding hydrogens is 388 g/mol. The molecule has 0 atom stereocenters. The Morgan fingerprint density at radius 3 is 2.44 bits per heavy atom. The topological polar surface area (TPSA) is 61.8 Å². The molecule has 0 saturated carbocycles. The number of Topliss-reactive ketones (excluding diaryl/α,β-unsaturated/α-hetero) is 1. The van der Waals surface area contributed by atoms with Crippen LogP contribution in [0, 0.1) is 0 Å². The van der Waals surface area contributed by atoms with E-state index in [1.165, 1.54) is 0 Å². The maximum Gasteiger partial charge on any atom is 0.306 e. The third-order valence-corrected chi connectivity index (χ3v) is 4.26. The molecule has 0 saturated heterocycles. The van der Waals surface area contributed by atoms with E-state index in [9.17, 15) is 9.59 Å². The molecule has 1 aliphatic heterocycles. The van der Waals surface area contributed by atoms with Gasteiger partial charge in [-0.2, -0.15) is 0 Å². The van der Waals surface area contributed by atoms with Crippen LogP contribution >= 0.6 is 15.9 Å². The fraction of sp³-hybridized carbons (Fsp3) is 0.263.